The van der Waals surface area contributed by atoms with Crippen molar-refractivity contribution in [1.82, 2.24) is 19.5 Å². The van der Waals surface area contributed by atoms with Gasteiger partial charge in [0.25, 0.3) is 0 Å². The molecule has 1 N–H and O–H groups in total. The van der Waals surface area contributed by atoms with Crippen LogP contribution in [0.1, 0.15) is 6.42 Å². The van der Waals surface area contributed by atoms with E-state index < -0.39 is 0 Å². The molecule has 0 saturated heterocycles. The van der Waals surface area contributed by atoms with Crippen molar-refractivity contribution >= 4 is 21.9 Å². The van der Waals surface area contributed by atoms with Crippen molar-refractivity contribution in [3.63, 3.8) is 0 Å². The van der Waals surface area contributed by atoms with E-state index in [4.69, 9.17) is 14.2 Å². The van der Waals surface area contributed by atoms with Crippen LogP contribution in [-0.4, -0.2) is 47.0 Å². The number of nitrogens with one attached hydrogen (secondary N) is 1. The van der Waals surface area contributed by atoms with Gasteiger partial charge in [0.05, 0.1) is 24.8 Å². The molecule has 0 bridgehead atoms. The van der Waals surface area contributed by atoms with E-state index in [9.17, 15) is 0 Å². The smallest absolute Gasteiger partial charge is 0.226 e. The first-order valence-electron chi connectivity index (χ1n) is 8.80. The van der Waals surface area contributed by atoms with Crippen molar-refractivity contribution in [3.05, 3.63) is 36.8 Å². The number of aryl methyl sites for hydroxylation is 1. The van der Waals surface area contributed by atoms with Gasteiger partial charge in [0.15, 0.2) is 0 Å². The molecule has 3 aromatic heterocycles. The van der Waals surface area contributed by atoms with Gasteiger partial charge in [0.2, 0.25) is 5.88 Å². The molecule has 7 heteroatoms. The van der Waals surface area contributed by atoms with Crippen molar-refractivity contribution in [2.24, 2.45) is 7.05 Å². The van der Waals surface area contributed by atoms with Gasteiger partial charge in [0, 0.05) is 49.8 Å². The van der Waals surface area contributed by atoms with Crippen molar-refractivity contribution in [1.29, 1.82) is 0 Å². The van der Waals surface area contributed by atoms with Gasteiger partial charge in [-0.25, -0.2) is 9.97 Å². The largest absolute Gasteiger partial charge is 0.497 e. The van der Waals surface area contributed by atoms with Gasteiger partial charge >= 0.3 is 0 Å². The average molecular weight is 366 g/mol. The second-order valence-electron chi connectivity index (χ2n) is 6.36. The van der Waals surface area contributed by atoms with E-state index in [1.54, 1.807) is 14.2 Å². The standard InChI is InChI=1S/C20H22N4O3/c1-24-11-16(14-9-13(26-3)5-6-18(14)24)17-10-15-19(23-17)21-12-22-20(15)27-8-4-7-25-2/h5-6,9-12H,4,7-8H2,1-3H3,(H,21,22,23). The van der Waals surface area contributed by atoms with E-state index in [0.29, 0.717) is 19.1 Å². The number of rotatable bonds is 7. The molecule has 0 saturated carbocycles. The molecule has 7 nitrogen and oxygen atoms in total. The van der Waals surface area contributed by atoms with Gasteiger partial charge in [-0.3, -0.25) is 0 Å². The summed E-state index contributed by atoms with van der Waals surface area (Å²) in [5.41, 5.74) is 3.93. The lowest BCUT2D eigenvalue weighted by Gasteiger charge is -2.04. The number of hydrogen-bond donors (Lipinski definition) is 1. The highest BCUT2D eigenvalue weighted by Gasteiger charge is 2.15. The van der Waals surface area contributed by atoms with Crippen LogP contribution in [0.15, 0.2) is 36.8 Å². The van der Waals surface area contributed by atoms with Gasteiger partial charge in [-0.15, -0.1) is 0 Å². The van der Waals surface area contributed by atoms with Crippen LogP contribution < -0.4 is 9.47 Å². The Labute approximate surface area is 156 Å². The quantitative estimate of drug-likeness (QED) is 0.507. The molecule has 0 atom stereocenters. The summed E-state index contributed by atoms with van der Waals surface area (Å²) in [6.07, 6.45) is 4.42. The van der Waals surface area contributed by atoms with Gasteiger partial charge in [0.1, 0.15) is 17.7 Å². The van der Waals surface area contributed by atoms with E-state index in [0.717, 1.165) is 45.4 Å². The molecular weight excluding hydrogens is 344 g/mol. The number of fused-ring (bicyclic) bond motifs is 2. The number of benzene rings is 1. The van der Waals surface area contributed by atoms with Crippen LogP contribution in [0.5, 0.6) is 11.6 Å². The summed E-state index contributed by atoms with van der Waals surface area (Å²) in [4.78, 5) is 12.0. The first kappa shape index (κ1) is 17.4. The summed E-state index contributed by atoms with van der Waals surface area (Å²) >= 11 is 0. The Morgan fingerprint density at radius 2 is 1.96 bits per heavy atom. The second kappa shape index (κ2) is 7.28. The number of H-pyrrole nitrogens is 1. The molecule has 0 aliphatic heterocycles. The third-order valence-corrected chi connectivity index (χ3v) is 4.61. The zero-order valence-electron chi connectivity index (χ0n) is 15.7. The minimum atomic E-state index is 0.548. The highest BCUT2D eigenvalue weighted by atomic mass is 16.5. The van der Waals surface area contributed by atoms with E-state index in [1.807, 2.05) is 25.2 Å². The number of aromatic amines is 1. The summed E-state index contributed by atoms with van der Waals surface area (Å²) in [5, 5.41) is 1.98. The zero-order chi connectivity index (χ0) is 18.8. The molecule has 0 aliphatic carbocycles. The molecule has 0 unspecified atom stereocenters. The fraction of sp³-hybridized carbons (Fsp3) is 0.300. The Morgan fingerprint density at radius 3 is 2.78 bits per heavy atom. The topological polar surface area (TPSA) is 74.2 Å². The second-order valence-corrected chi connectivity index (χ2v) is 6.36. The number of hydrogen-bond acceptors (Lipinski definition) is 5. The predicted molar refractivity (Wildman–Crippen MR) is 104 cm³/mol. The molecule has 3 heterocycles. The van der Waals surface area contributed by atoms with Crippen LogP contribution in [0, 0.1) is 0 Å². The van der Waals surface area contributed by atoms with Crippen molar-refractivity contribution < 1.29 is 14.2 Å². The van der Waals surface area contributed by atoms with E-state index in [-0.39, 0.29) is 0 Å². The Bertz CT molecular complexity index is 1080. The van der Waals surface area contributed by atoms with Crippen LogP contribution in [0.3, 0.4) is 0 Å². The summed E-state index contributed by atoms with van der Waals surface area (Å²) in [6.45, 7) is 1.20. The normalized spacial score (nSPS) is 11.4. The molecular formula is C20H22N4O3. The van der Waals surface area contributed by atoms with Crippen LogP contribution in [0.4, 0.5) is 0 Å². The van der Waals surface area contributed by atoms with Gasteiger partial charge in [-0.2, -0.15) is 0 Å². The Kier molecular flexibility index (Phi) is 4.68. The van der Waals surface area contributed by atoms with Crippen molar-refractivity contribution in [2.75, 3.05) is 27.4 Å². The molecule has 1 aromatic carbocycles. The van der Waals surface area contributed by atoms with E-state index in [2.05, 4.69) is 31.8 Å². The van der Waals surface area contributed by atoms with Gasteiger partial charge in [-0.05, 0) is 24.3 Å². The maximum atomic E-state index is 5.82. The van der Waals surface area contributed by atoms with Crippen molar-refractivity contribution in [3.8, 4) is 22.9 Å². The molecule has 0 amide bonds. The number of ether oxygens (including phenoxy) is 3. The average Bonchev–Trinajstić information content (AvgIpc) is 3.26. The Morgan fingerprint density at radius 1 is 1.07 bits per heavy atom. The van der Waals surface area contributed by atoms with Crippen molar-refractivity contribution in [2.45, 2.75) is 6.42 Å². The molecule has 0 fully saturated rings. The van der Waals surface area contributed by atoms with Gasteiger partial charge in [-0.1, -0.05) is 0 Å². The molecule has 4 aromatic rings. The third kappa shape index (κ3) is 3.21. The molecule has 0 aliphatic rings. The lowest BCUT2D eigenvalue weighted by Crippen LogP contribution is -2.02. The predicted octanol–water partition coefficient (Wildman–Crippen LogP) is 3.54. The Balaban J connectivity index is 1.75. The lowest BCUT2D eigenvalue weighted by molar-refractivity contribution is 0.171. The summed E-state index contributed by atoms with van der Waals surface area (Å²) in [7, 11) is 5.39. The fourth-order valence-corrected chi connectivity index (χ4v) is 3.26. The number of aromatic nitrogens is 4. The van der Waals surface area contributed by atoms with Crippen LogP contribution in [0.2, 0.25) is 0 Å². The number of methoxy groups -OCH3 is 2. The van der Waals surface area contributed by atoms with E-state index >= 15 is 0 Å². The number of nitrogens with zero attached hydrogens (tertiary/aromatic N) is 3. The zero-order valence-corrected chi connectivity index (χ0v) is 15.7. The minimum Gasteiger partial charge on any atom is -0.497 e. The molecule has 140 valence electrons. The third-order valence-electron chi connectivity index (χ3n) is 4.61. The summed E-state index contributed by atoms with van der Waals surface area (Å²) < 4.78 is 18.4. The summed E-state index contributed by atoms with van der Waals surface area (Å²) in [6, 6.07) is 8.11. The van der Waals surface area contributed by atoms with Gasteiger partial charge < -0.3 is 23.8 Å². The SMILES string of the molecule is COCCCOc1ncnc2[nH]c(-c3cn(C)c4ccc(OC)cc34)cc12. The highest BCUT2D eigenvalue weighted by Crippen LogP contribution is 2.35. The van der Waals surface area contributed by atoms with Crippen LogP contribution >= 0.6 is 0 Å². The molecule has 0 spiro atoms. The molecule has 27 heavy (non-hydrogen) atoms. The first-order valence-corrected chi connectivity index (χ1v) is 8.80. The highest BCUT2D eigenvalue weighted by molar-refractivity contribution is 5.99. The first-order chi connectivity index (χ1) is 13.2. The van der Waals surface area contributed by atoms with E-state index in [1.165, 1.54) is 6.33 Å². The maximum Gasteiger partial charge on any atom is 0.226 e. The Hall–Kier alpha value is -3.06. The maximum absolute atomic E-state index is 5.82. The minimum absolute atomic E-state index is 0.548. The lowest BCUT2D eigenvalue weighted by atomic mass is 10.1. The molecule has 4 rings (SSSR count). The summed E-state index contributed by atoms with van der Waals surface area (Å²) in [5.74, 6) is 1.41. The fourth-order valence-electron chi connectivity index (χ4n) is 3.26. The molecule has 0 radical (unpaired) electrons. The van der Waals surface area contributed by atoms with Crippen LogP contribution in [-0.2, 0) is 11.8 Å². The van der Waals surface area contributed by atoms with Crippen LogP contribution in [0.25, 0.3) is 33.2 Å². The monoisotopic (exact) mass is 366 g/mol.